The van der Waals surface area contributed by atoms with Crippen LogP contribution in [0.4, 0.5) is 4.79 Å². The van der Waals surface area contributed by atoms with E-state index in [1.165, 1.54) is 39.8 Å². The van der Waals surface area contributed by atoms with Crippen LogP contribution in [-0.4, -0.2) is 87.1 Å². The van der Waals surface area contributed by atoms with Crippen molar-refractivity contribution in [3.63, 3.8) is 0 Å². The van der Waals surface area contributed by atoms with E-state index in [1.54, 1.807) is 31.6 Å². The number of amidine groups is 1. The fourth-order valence-corrected chi connectivity index (χ4v) is 7.05. The molecule has 0 aromatic carbocycles. The average Bonchev–Trinajstić information content (AvgIpc) is 3.53. The number of carboxylic acids is 1. The highest BCUT2D eigenvalue weighted by atomic mass is 32.2. The van der Waals surface area contributed by atoms with Gasteiger partial charge < -0.3 is 21.1 Å². The summed E-state index contributed by atoms with van der Waals surface area (Å²) in [6.45, 7) is 0.119. The Hall–Kier alpha value is -3.46. The topological polar surface area (TPSA) is 189 Å². The number of carbonyl (C=O) groups excluding carboxylic acids is 3. The summed E-state index contributed by atoms with van der Waals surface area (Å²) in [7, 11) is 3.59. The van der Waals surface area contributed by atoms with Gasteiger partial charge in [0.25, 0.3) is 5.91 Å². The third-order valence-electron chi connectivity index (χ3n) is 5.67. The Balaban J connectivity index is 1.44. The number of fused-ring (bicyclic) bond motifs is 1. The van der Waals surface area contributed by atoms with E-state index in [1.807, 2.05) is 6.07 Å². The highest BCUT2D eigenvalue weighted by molar-refractivity contribution is 8.13. The molecule has 1 fully saturated rings. The Morgan fingerprint density at radius 2 is 2.18 bits per heavy atom. The monoisotopic (exact) mass is 578 g/mol. The number of nitrogens with one attached hydrogen (secondary N) is 3. The van der Waals surface area contributed by atoms with Gasteiger partial charge in [-0.1, -0.05) is 11.2 Å². The van der Waals surface area contributed by atoms with Crippen molar-refractivity contribution in [3.05, 3.63) is 33.7 Å². The highest BCUT2D eigenvalue weighted by Crippen LogP contribution is 2.41. The lowest BCUT2D eigenvalue weighted by atomic mass is 10.0. The van der Waals surface area contributed by atoms with Gasteiger partial charge in [0.1, 0.15) is 37.2 Å². The Morgan fingerprint density at radius 1 is 1.39 bits per heavy atom. The van der Waals surface area contributed by atoms with Crippen molar-refractivity contribution >= 4 is 63.8 Å². The van der Waals surface area contributed by atoms with Crippen molar-refractivity contribution in [1.29, 1.82) is 5.26 Å². The van der Waals surface area contributed by atoms with E-state index < -0.39 is 41.3 Å². The average molecular weight is 579 g/mol. The Kier molecular flexibility index (Phi) is 8.35. The minimum Gasteiger partial charge on any atom is -0.477 e. The molecule has 3 aliphatic heterocycles. The molecule has 0 saturated carbocycles. The zero-order chi connectivity index (χ0) is 27.4. The van der Waals surface area contributed by atoms with Crippen molar-refractivity contribution < 1.29 is 28.9 Å². The lowest BCUT2D eigenvalue weighted by Gasteiger charge is -2.49. The van der Waals surface area contributed by atoms with Crippen LogP contribution < -0.4 is 16.0 Å². The second kappa shape index (κ2) is 11.5. The van der Waals surface area contributed by atoms with Crippen LogP contribution in [0.25, 0.3) is 0 Å². The molecule has 4 rings (SSSR count). The molecule has 0 spiro atoms. The molecule has 0 radical (unpaired) electrons. The molecule has 38 heavy (non-hydrogen) atoms. The molecule has 1 saturated heterocycles. The van der Waals surface area contributed by atoms with Crippen LogP contribution in [0.1, 0.15) is 17.3 Å². The summed E-state index contributed by atoms with van der Waals surface area (Å²) in [6, 6.07) is 2.67. The number of hydrogen-bond acceptors (Lipinski definition) is 11. The van der Waals surface area contributed by atoms with Crippen molar-refractivity contribution in [1.82, 2.24) is 20.9 Å². The molecule has 200 valence electrons. The second-order valence-corrected chi connectivity index (χ2v) is 11.7. The maximum atomic E-state index is 13.2. The number of amides is 4. The molecule has 4 heterocycles. The summed E-state index contributed by atoms with van der Waals surface area (Å²) in [4.78, 5) is 52.4. The minimum atomic E-state index is -1.23. The number of urea groups is 1. The van der Waals surface area contributed by atoms with Gasteiger partial charge in [0.15, 0.2) is 0 Å². The van der Waals surface area contributed by atoms with E-state index >= 15 is 0 Å². The van der Waals surface area contributed by atoms with Gasteiger partial charge in [0.05, 0.1) is 17.7 Å². The zero-order valence-corrected chi connectivity index (χ0v) is 22.7. The first kappa shape index (κ1) is 27.6. The number of thiophene rings is 1. The Morgan fingerprint density at radius 3 is 2.82 bits per heavy atom. The van der Waals surface area contributed by atoms with Crippen LogP contribution in [0, 0.1) is 11.3 Å². The fraction of sp³-hybridized carbons (Fsp3) is 0.429. The van der Waals surface area contributed by atoms with E-state index in [2.05, 4.69) is 31.5 Å². The van der Waals surface area contributed by atoms with Crippen molar-refractivity contribution in [2.45, 2.75) is 23.9 Å². The molecule has 1 aromatic rings. The van der Waals surface area contributed by atoms with Crippen molar-refractivity contribution in [2.24, 2.45) is 15.5 Å². The largest absolute Gasteiger partial charge is 0.477 e. The number of thioether (sulfide) groups is 2. The fourth-order valence-electron chi connectivity index (χ4n) is 3.81. The van der Waals surface area contributed by atoms with E-state index in [0.717, 1.165) is 0 Å². The lowest BCUT2D eigenvalue weighted by molar-refractivity contribution is -0.803. The third kappa shape index (κ3) is 5.67. The van der Waals surface area contributed by atoms with Crippen LogP contribution in [0.5, 0.6) is 0 Å². The van der Waals surface area contributed by atoms with Crippen LogP contribution in [0.15, 0.2) is 44.3 Å². The Bertz CT molecular complexity index is 1270. The molecule has 2 unspecified atom stereocenters. The number of nitriles is 1. The lowest BCUT2D eigenvalue weighted by Crippen LogP contribution is -2.71. The summed E-state index contributed by atoms with van der Waals surface area (Å²) >= 11 is 3.91. The van der Waals surface area contributed by atoms with Crippen molar-refractivity contribution in [3.8, 4) is 6.07 Å². The van der Waals surface area contributed by atoms with Crippen LogP contribution in [0.2, 0.25) is 0 Å². The van der Waals surface area contributed by atoms with Gasteiger partial charge >= 0.3 is 17.2 Å². The van der Waals surface area contributed by atoms with Gasteiger partial charge in [-0.3, -0.25) is 14.5 Å². The molecule has 0 bridgehead atoms. The van der Waals surface area contributed by atoms with Crippen molar-refractivity contribution in [2.75, 3.05) is 32.1 Å². The van der Waals surface area contributed by atoms with Gasteiger partial charge in [-0.25, -0.2) is 9.59 Å². The first-order valence-electron chi connectivity index (χ1n) is 11.3. The molecule has 0 aliphatic carbocycles. The summed E-state index contributed by atoms with van der Waals surface area (Å²) in [6.07, 6.45) is 0.115. The number of quaternary nitrogens is 1. The first-order valence-corrected chi connectivity index (χ1v) is 14.2. The number of rotatable bonds is 9. The van der Waals surface area contributed by atoms with Gasteiger partial charge in [-0.05, 0) is 28.8 Å². The van der Waals surface area contributed by atoms with Gasteiger partial charge in [0, 0.05) is 28.2 Å². The van der Waals surface area contributed by atoms with Gasteiger partial charge in [-0.15, -0.1) is 27.7 Å². The maximum absolute atomic E-state index is 13.2. The SMILES string of the molecule is C[N+]1(C)N=NN=C1SCC1=C(C(=O)O)N2C(=O)[C@H](NC(=O)C(NC(=O)NCCC#N)c3cccs3)C2SC1. The number of carboxylic acid groups (broad SMARTS) is 1. The van der Waals surface area contributed by atoms with E-state index in [9.17, 15) is 24.3 Å². The Labute approximate surface area is 229 Å². The van der Waals surface area contributed by atoms with Crippen LogP contribution in [-0.2, 0) is 14.4 Å². The van der Waals surface area contributed by atoms with Crippen LogP contribution >= 0.6 is 34.9 Å². The summed E-state index contributed by atoms with van der Waals surface area (Å²) in [5, 5.41) is 39.7. The number of aliphatic carboxylic acids is 1. The normalized spacial score (nSPS) is 22.1. The van der Waals surface area contributed by atoms with E-state index in [-0.39, 0.29) is 23.3 Å². The maximum Gasteiger partial charge on any atom is 0.352 e. The van der Waals surface area contributed by atoms with Gasteiger partial charge in [-0.2, -0.15) is 5.26 Å². The smallest absolute Gasteiger partial charge is 0.352 e. The molecule has 14 nitrogen and oxygen atoms in total. The molecular formula is C21H24N9O5S3+. The predicted octanol–water partition coefficient (Wildman–Crippen LogP) is 1.20. The minimum absolute atomic E-state index is 0.0978. The van der Waals surface area contributed by atoms with Crippen LogP contribution in [0.3, 0.4) is 0 Å². The summed E-state index contributed by atoms with van der Waals surface area (Å²) < 4.78 is 0.0999. The third-order valence-corrected chi connectivity index (χ3v) is 9.23. The molecule has 3 aliphatic rings. The molecular weight excluding hydrogens is 554 g/mol. The highest BCUT2D eigenvalue weighted by Gasteiger charge is 2.54. The van der Waals surface area contributed by atoms with E-state index in [4.69, 9.17) is 5.26 Å². The molecule has 4 amide bonds. The summed E-state index contributed by atoms with van der Waals surface area (Å²) in [5.74, 6) is -1.74. The molecule has 3 atom stereocenters. The zero-order valence-electron chi connectivity index (χ0n) is 20.3. The first-order chi connectivity index (χ1) is 18.1. The number of carbonyl (C=O) groups is 4. The number of β-lactam (4-membered cyclic amide) rings is 1. The molecule has 4 N–H and O–H groups in total. The molecule has 1 aromatic heterocycles. The van der Waals surface area contributed by atoms with Gasteiger partial charge in [0.2, 0.25) is 5.91 Å². The number of hydrogen-bond donors (Lipinski definition) is 4. The predicted molar refractivity (Wildman–Crippen MR) is 140 cm³/mol. The quantitative estimate of drug-likeness (QED) is 0.191. The second-order valence-electron chi connectivity index (χ2n) is 8.65. The summed E-state index contributed by atoms with van der Waals surface area (Å²) in [5.41, 5.74) is 0.461. The molecule has 17 heteroatoms. The standard InChI is InChI=1S/C21H23N9O5S3/c1-30(2)21(26-27-28-30)38-10-11-9-37-18-14(17(32)29(18)15(11)19(33)34)24-16(31)13(12-5-3-8-36-12)25-20(35)23-7-4-6-22/h3,5,8,13-14,18H,4,7,9-10H2,1-2H3,(H3-,23,24,25,31,33,34,35)/p+1/t13?,14-,18?/m0/s1. The number of nitrogens with zero attached hydrogens (tertiary/aromatic N) is 6. The van der Waals surface area contributed by atoms with E-state index in [0.29, 0.717) is 27.1 Å².